The lowest BCUT2D eigenvalue weighted by Crippen LogP contribution is -2.32. The highest BCUT2D eigenvalue weighted by Gasteiger charge is 2.19. The van der Waals surface area contributed by atoms with E-state index in [0.29, 0.717) is 11.5 Å². The van der Waals surface area contributed by atoms with E-state index in [1.165, 1.54) is 12.8 Å². The lowest BCUT2D eigenvalue weighted by molar-refractivity contribution is 0.0755. The van der Waals surface area contributed by atoms with Gasteiger partial charge in [0.15, 0.2) is 0 Å². The maximum Gasteiger partial charge on any atom is 0.274 e. The number of hydrogen-bond acceptors (Lipinski definition) is 4. The summed E-state index contributed by atoms with van der Waals surface area (Å²) in [6, 6.07) is 0. The molecule has 2 heterocycles. The van der Waals surface area contributed by atoms with E-state index in [2.05, 4.69) is 36.1 Å². The molecule has 1 aromatic rings. The van der Waals surface area contributed by atoms with E-state index in [1.807, 2.05) is 4.90 Å². The number of amides is 1. The van der Waals surface area contributed by atoms with Crippen molar-refractivity contribution in [2.45, 2.75) is 52.0 Å². The number of rotatable bonds is 2. The molecular formula is C15H24N4O. The predicted molar refractivity (Wildman–Crippen MR) is 79.8 cm³/mol. The molecule has 0 bridgehead atoms. The molecule has 0 atom stereocenters. The van der Waals surface area contributed by atoms with Crippen LogP contribution in [0.1, 0.15) is 56.9 Å². The molecule has 5 nitrogen and oxygen atoms in total. The fourth-order valence-corrected chi connectivity index (χ4v) is 2.32. The van der Waals surface area contributed by atoms with Gasteiger partial charge in [0.2, 0.25) is 0 Å². The highest BCUT2D eigenvalue weighted by atomic mass is 16.2. The second-order valence-corrected chi connectivity index (χ2v) is 6.37. The summed E-state index contributed by atoms with van der Waals surface area (Å²) in [5.74, 6) is 0.701. The maximum atomic E-state index is 12.4. The van der Waals surface area contributed by atoms with Gasteiger partial charge >= 0.3 is 0 Å². The van der Waals surface area contributed by atoms with E-state index >= 15 is 0 Å². The van der Waals surface area contributed by atoms with Crippen LogP contribution in [-0.4, -0.2) is 39.4 Å². The van der Waals surface area contributed by atoms with Crippen molar-refractivity contribution in [2.24, 2.45) is 0 Å². The summed E-state index contributed by atoms with van der Waals surface area (Å²) >= 11 is 0. The first-order valence-electron chi connectivity index (χ1n) is 7.35. The van der Waals surface area contributed by atoms with Crippen molar-refractivity contribution in [3.63, 3.8) is 0 Å². The molecule has 0 aliphatic carbocycles. The molecule has 1 fully saturated rings. The van der Waals surface area contributed by atoms with Gasteiger partial charge in [-0.2, -0.15) is 0 Å². The Morgan fingerprint density at radius 3 is 2.25 bits per heavy atom. The zero-order valence-corrected chi connectivity index (χ0v) is 12.6. The largest absolute Gasteiger partial charge is 0.364 e. The van der Waals surface area contributed by atoms with Crippen molar-refractivity contribution in [3.05, 3.63) is 18.1 Å². The second-order valence-electron chi connectivity index (χ2n) is 6.37. The highest BCUT2D eigenvalue weighted by molar-refractivity contribution is 5.92. The molecule has 0 aromatic carbocycles. The number of carbonyl (C=O) groups excluding carboxylic acids is 1. The molecule has 20 heavy (non-hydrogen) atoms. The summed E-state index contributed by atoms with van der Waals surface area (Å²) in [6.07, 6.45) is 7.80. The minimum Gasteiger partial charge on any atom is -0.364 e. The average Bonchev–Trinajstić information content (AvgIpc) is 2.66. The zero-order valence-electron chi connectivity index (χ0n) is 12.6. The normalized spacial score (nSPS) is 16.6. The molecule has 1 aliphatic rings. The molecular weight excluding hydrogens is 252 g/mol. The second kappa shape index (κ2) is 6.20. The molecule has 1 N–H and O–H groups in total. The molecule has 1 saturated heterocycles. The number of carbonyl (C=O) groups is 1. The molecule has 0 spiro atoms. The summed E-state index contributed by atoms with van der Waals surface area (Å²) in [5.41, 5.74) is 0.372. The fraction of sp³-hybridized carbons (Fsp3) is 0.667. The smallest absolute Gasteiger partial charge is 0.274 e. The van der Waals surface area contributed by atoms with E-state index < -0.39 is 0 Å². The first kappa shape index (κ1) is 14.8. The maximum absolute atomic E-state index is 12.4. The van der Waals surface area contributed by atoms with E-state index in [1.54, 1.807) is 12.4 Å². The van der Waals surface area contributed by atoms with E-state index in [9.17, 15) is 4.79 Å². The van der Waals surface area contributed by atoms with Crippen LogP contribution in [0.5, 0.6) is 0 Å². The zero-order chi connectivity index (χ0) is 14.6. The third kappa shape index (κ3) is 4.18. The third-order valence-electron chi connectivity index (χ3n) is 3.27. The van der Waals surface area contributed by atoms with E-state index in [0.717, 1.165) is 25.9 Å². The van der Waals surface area contributed by atoms with Crippen molar-refractivity contribution in [1.82, 2.24) is 14.9 Å². The lowest BCUT2D eigenvalue weighted by Gasteiger charge is -2.22. The predicted octanol–water partition coefficient (Wildman–Crippen LogP) is 2.70. The minimum absolute atomic E-state index is 0.00158. The summed E-state index contributed by atoms with van der Waals surface area (Å²) in [4.78, 5) is 22.8. The number of anilines is 1. The van der Waals surface area contributed by atoms with Crippen molar-refractivity contribution >= 4 is 11.7 Å². The van der Waals surface area contributed by atoms with Gasteiger partial charge in [-0.25, -0.2) is 9.97 Å². The van der Waals surface area contributed by atoms with Gasteiger partial charge in [-0.1, -0.05) is 12.8 Å². The van der Waals surface area contributed by atoms with Crippen molar-refractivity contribution in [2.75, 3.05) is 18.4 Å². The summed E-state index contributed by atoms with van der Waals surface area (Å²) < 4.78 is 0. The number of likely N-dealkylation sites (tertiary alicyclic amines) is 1. The Morgan fingerprint density at radius 2 is 1.75 bits per heavy atom. The van der Waals surface area contributed by atoms with Crippen LogP contribution in [0.15, 0.2) is 12.4 Å². The van der Waals surface area contributed by atoms with Crippen molar-refractivity contribution < 1.29 is 4.79 Å². The molecule has 1 aromatic heterocycles. The van der Waals surface area contributed by atoms with Crippen LogP contribution in [0.3, 0.4) is 0 Å². The molecule has 1 amide bonds. The molecule has 5 heteroatoms. The third-order valence-corrected chi connectivity index (χ3v) is 3.27. The molecule has 0 saturated carbocycles. The first-order valence-corrected chi connectivity index (χ1v) is 7.35. The average molecular weight is 276 g/mol. The topological polar surface area (TPSA) is 58.1 Å². The Hall–Kier alpha value is -1.65. The van der Waals surface area contributed by atoms with Crippen molar-refractivity contribution in [3.8, 4) is 0 Å². The van der Waals surface area contributed by atoms with Crippen LogP contribution in [0.4, 0.5) is 5.82 Å². The SMILES string of the molecule is CC(C)(C)Nc1cnc(C(=O)N2CCCCCC2)cn1. The van der Waals surface area contributed by atoms with Gasteiger partial charge in [0.1, 0.15) is 11.5 Å². The highest BCUT2D eigenvalue weighted by Crippen LogP contribution is 2.14. The summed E-state index contributed by atoms with van der Waals surface area (Å²) in [7, 11) is 0. The van der Waals surface area contributed by atoms with Crippen LogP contribution in [0.25, 0.3) is 0 Å². The quantitative estimate of drug-likeness (QED) is 0.902. The van der Waals surface area contributed by atoms with Gasteiger partial charge in [-0.3, -0.25) is 4.79 Å². The van der Waals surface area contributed by atoms with E-state index in [-0.39, 0.29) is 11.4 Å². The Kier molecular flexibility index (Phi) is 4.57. The lowest BCUT2D eigenvalue weighted by atomic mass is 10.1. The Balaban J connectivity index is 2.03. The first-order chi connectivity index (χ1) is 9.46. The van der Waals surface area contributed by atoms with Gasteiger partial charge in [0.25, 0.3) is 5.91 Å². The van der Waals surface area contributed by atoms with Crippen LogP contribution in [0, 0.1) is 0 Å². The molecule has 1 aliphatic heterocycles. The van der Waals surface area contributed by atoms with Gasteiger partial charge in [-0.15, -0.1) is 0 Å². The molecule has 2 rings (SSSR count). The van der Waals surface area contributed by atoms with Gasteiger partial charge in [0, 0.05) is 18.6 Å². The summed E-state index contributed by atoms with van der Waals surface area (Å²) in [5, 5.41) is 3.24. The Morgan fingerprint density at radius 1 is 1.10 bits per heavy atom. The van der Waals surface area contributed by atoms with Gasteiger partial charge < -0.3 is 10.2 Å². The van der Waals surface area contributed by atoms with Crippen LogP contribution < -0.4 is 5.32 Å². The monoisotopic (exact) mass is 276 g/mol. The van der Waals surface area contributed by atoms with Crippen LogP contribution in [-0.2, 0) is 0 Å². The number of nitrogens with one attached hydrogen (secondary N) is 1. The number of nitrogens with zero attached hydrogens (tertiary/aromatic N) is 3. The van der Waals surface area contributed by atoms with Crippen molar-refractivity contribution in [1.29, 1.82) is 0 Å². The summed E-state index contributed by atoms with van der Waals surface area (Å²) in [6.45, 7) is 7.85. The van der Waals surface area contributed by atoms with Gasteiger partial charge in [-0.05, 0) is 33.6 Å². The molecule has 0 unspecified atom stereocenters. The van der Waals surface area contributed by atoms with Gasteiger partial charge in [0.05, 0.1) is 12.4 Å². The number of aromatic nitrogens is 2. The number of hydrogen-bond donors (Lipinski definition) is 1. The molecule has 0 radical (unpaired) electrons. The van der Waals surface area contributed by atoms with E-state index in [4.69, 9.17) is 0 Å². The fourth-order valence-electron chi connectivity index (χ4n) is 2.32. The van der Waals surface area contributed by atoms with Crippen LogP contribution >= 0.6 is 0 Å². The minimum atomic E-state index is -0.0645. The Bertz CT molecular complexity index is 442. The Labute approximate surface area is 120 Å². The molecule has 110 valence electrons. The standard InChI is InChI=1S/C15H24N4O/c1-15(2,3)18-13-11-16-12(10-17-13)14(20)19-8-6-4-5-7-9-19/h10-11H,4-9H2,1-3H3,(H,17,18). The van der Waals surface area contributed by atoms with Crippen LogP contribution in [0.2, 0.25) is 0 Å².